The first-order chi connectivity index (χ1) is 8.78. The maximum Gasteiger partial charge on any atom is 0.306 e. The number of hydrogen-bond acceptors (Lipinski definition) is 3. The Hall–Kier alpha value is -1.59. The number of carbonyl (C=O) groups is 2. The smallest absolute Gasteiger partial charge is 0.306 e. The molecule has 0 radical (unpaired) electrons. The third-order valence-corrected chi connectivity index (χ3v) is 2.73. The van der Waals surface area contributed by atoms with Crippen LogP contribution in [0.25, 0.3) is 0 Å². The second-order valence-electron chi connectivity index (χ2n) is 4.65. The topological polar surface area (TPSA) is 86.6 Å². The Bertz CT molecular complexity index is 456. The van der Waals surface area contributed by atoms with E-state index < -0.39 is 18.0 Å². The van der Waals surface area contributed by atoms with Crippen LogP contribution in [0.2, 0.25) is 5.02 Å². The van der Waals surface area contributed by atoms with Gasteiger partial charge in [-0.1, -0.05) is 23.7 Å². The van der Waals surface area contributed by atoms with E-state index in [-0.39, 0.29) is 18.9 Å². The summed E-state index contributed by atoms with van der Waals surface area (Å²) in [5.41, 5.74) is -0.665. The highest BCUT2D eigenvalue weighted by atomic mass is 35.5. The van der Waals surface area contributed by atoms with Gasteiger partial charge in [0, 0.05) is 11.6 Å². The molecule has 3 N–H and O–H groups in total. The maximum atomic E-state index is 11.6. The van der Waals surface area contributed by atoms with Gasteiger partial charge < -0.3 is 15.5 Å². The zero-order chi connectivity index (χ0) is 14.5. The van der Waals surface area contributed by atoms with Gasteiger partial charge in [0.25, 0.3) is 0 Å². The number of benzene rings is 1. The number of carboxylic acid groups (broad SMARTS) is 1. The molecular formula is C13H16ClNO4. The molecule has 0 bridgehead atoms. The summed E-state index contributed by atoms with van der Waals surface area (Å²) in [4.78, 5) is 22.1. The minimum atomic E-state index is -1.46. The van der Waals surface area contributed by atoms with E-state index in [1.54, 1.807) is 24.3 Å². The minimum absolute atomic E-state index is 0.105. The second-order valence-corrected chi connectivity index (χ2v) is 5.08. The molecule has 5 nitrogen and oxygen atoms in total. The normalized spacial score (nSPS) is 13.6. The molecule has 1 aromatic rings. The SMILES string of the molecule is CC(O)(CNC(=O)Cc1ccc(Cl)cc1)CC(=O)O. The summed E-state index contributed by atoms with van der Waals surface area (Å²) >= 11 is 5.73. The Morgan fingerprint density at radius 3 is 2.42 bits per heavy atom. The Balaban J connectivity index is 2.43. The van der Waals surface area contributed by atoms with Crippen molar-refractivity contribution in [3.8, 4) is 0 Å². The lowest BCUT2D eigenvalue weighted by Crippen LogP contribution is -2.42. The van der Waals surface area contributed by atoms with Crippen molar-refractivity contribution in [3.05, 3.63) is 34.9 Å². The number of aliphatic hydroxyl groups is 1. The molecule has 104 valence electrons. The molecule has 0 fully saturated rings. The number of rotatable bonds is 6. The fraction of sp³-hybridized carbons (Fsp3) is 0.385. The van der Waals surface area contributed by atoms with E-state index in [0.717, 1.165) is 5.56 Å². The fourth-order valence-corrected chi connectivity index (χ4v) is 1.65. The molecule has 0 aliphatic carbocycles. The number of hydrogen-bond donors (Lipinski definition) is 3. The predicted octanol–water partition coefficient (Wildman–Crippen LogP) is 1.22. The average molecular weight is 286 g/mol. The molecule has 0 saturated heterocycles. The molecule has 1 rings (SSSR count). The van der Waals surface area contributed by atoms with Crippen LogP contribution in [0.15, 0.2) is 24.3 Å². The summed E-state index contributed by atoms with van der Waals surface area (Å²) < 4.78 is 0. The van der Waals surface area contributed by atoms with E-state index >= 15 is 0 Å². The fourth-order valence-electron chi connectivity index (χ4n) is 1.53. The van der Waals surface area contributed by atoms with Gasteiger partial charge in [-0.15, -0.1) is 0 Å². The van der Waals surface area contributed by atoms with E-state index in [2.05, 4.69) is 5.32 Å². The molecule has 0 aliphatic rings. The van der Waals surface area contributed by atoms with Gasteiger partial charge in [0.1, 0.15) is 0 Å². The highest BCUT2D eigenvalue weighted by Gasteiger charge is 2.24. The molecule has 0 spiro atoms. The molecule has 6 heteroatoms. The van der Waals surface area contributed by atoms with Gasteiger partial charge >= 0.3 is 5.97 Å². The molecule has 0 saturated carbocycles. The summed E-state index contributed by atoms with van der Waals surface area (Å²) in [7, 11) is 0. The quantitative estimate of drug-likeness (QED) is 0.733. The van der Waals surface area contributed by atoms with Gasteiger partial charge in [-0.3, -0.25) is 9.59 Å². The monoisotopic (exact) mass is 285 g/mol. The van der Waals surface area contributed by atoms with Crippen LogP contribution in [-0.2, 0) is 16.0 Å². The van der Waals surface area contributed by atoms with Crippen LogP contribution in [0.4, 0.5) is 0 Å². The zero-order valence-corrected chi connectivity index (χ0v) is 11.3. The lowest BCUT2D eigenvalue weighted by atomic mass is 10.0. The summed E-state index contributed by atoms with van der Waals surface area (Å²) in [6.45, 7) is 1.26. The molecule has 0 heterocycles. The number of amides is 1. The van der Waals surface area contributed by atoms with Crippen LogP contribution in [0, 0.1) is 0 Å². The lowest BCUT2D eigenvalue weighted by Gasteiger charge is -2.21. The molecule has 1 aromatic carbocycles. The van der Waals surface area contributed by atoms with Crippen LogP contribution in [0.5, 0.6) is 0 Å². The molecular weight excluding hydrogens is 270 g/mol. The first-order valence-electron chi connectivity index (χ1n) is 5.74. The Kier molecular flexibility index (Phi) is 5.32. The number of carboxylic acids is 1. The number of halogens is 1. The van der Waals surface area contributed by atoms with Crippen molar-refractivity contribution >= 4 is 23.5 Å². The van der Waals surface area contributed by atoms with Crippen LogP contribution in [0.1, 0.15) is 18.9 Å². The standard InChI is InChI=1S/C13H16ClNO4/c1-13(19,7-12(17)18)8-15-11(16)6-9-2-4-10(14)5-3-9/h2-5,19H,6-8H2,1H3,(H,15,16)(H,17,18). The Labute approximate surface area is 116 Å². The minimum Gasteiger partial charge on any atom is -0.481 e. The molecule has 1 atom stereocenters. The third-order valence-electron chi connectivity index (χ3n) is 2.48. The molecule has 0 aliphatic heterocycles. The van der Waals surface area contributed by atoms with Crippen LogP contribution >= 0.6 is 11.6 Å². The van der Waals surface area contributed by atoms with Crippen molar-refractivity contribution in [1.29, 1.82) is 0 Å². The first kappa shape index (κ1) is 15.5. The van der Waals surface area contributed by atoms with Crippen molar-refractivity contribution in [1.82, 2.24) is 5.32 Å². The Morgan fingerprint density at radius 1 is 1.32 bits per heavy atom. The van der Waals surface area contributed by atoms with Gasteiger partial charge in [-0.05, 0) is 24.6 Å². The van der Waals surface area contributed by atoms with E-state index in [1.807, 2.05) is 0 Å². The lowest BCUT2D eigenvalue weighted by molar-refractivity contribution is -0.142. The van der Waals surface area contributed by atoms with Gasteiger partial charge in [-0.2, -0.15) is 0 Å². The van der Waals surface area contributed by atoms with Gasteiger partial charge in [0.15, 0.2) is 0 Å². The average Bonchev–Trinajstić information content (AvgIpc) is 2.28. The van der Waals surface area contributed by atoms with Gasteiger partial charge in [0.2, 0.25) is 5.91 Å². The zero-order valence-electron chi connectivity index (χ0n) is 10.5. The van der Waals surface area contributed by atoms with E-state index in [4.69, 9.17) is 16.7 Å². The highest BCUT2D eigenvalue weighted by molar-refractivity contribution is 6.30. The van der Waals surface area contributed by atoms with E-state index in [1.165, 1.54) is 6.92 Å². The van der Waals surface area contributed by atoms with Crippen molar-refractivity contribution in [2.45, 2.75) is 25.4 Å². The maximum absolute atomic E-state index is 11.6. The van der Waals surface area contributed by atoms with Crippen molar-refractivity contribution in [2.75, 3.05) is 6.54 Å². The van der Waals surface area contributed by atoms with Gasteiger partial charge in [-0.25, -0.2) is 0 Å². The second kappa shape index (κ2) is 6.54. The highest BCUT2D eigenvalue weighted by Crippen LogP contribution is 2.10. The van der Waals surface area contributed by atoms with Crippen molar-refractivity contribution in [3.63, 3.8) is 0 Å². The summed E-state index contributed by atoms with van der Waals surface area (Å²) in [6, 6.07) is 6.84. The van der Waals surface area contributed by atoms with E-state index in [0.29, 0.717) is 5.02 Å². The van der Waals surface area contributed by atoms with E-state index in [9.17, 15) is 14.7 Å². The first-order valence-corrected chi connectivity index (χ1v) is 6.12. The number of nitrogens with one attached hydrogen (secondary N) is 1. The van der Waals surface area contributed by atoms with Gasteiger partial charge in [0.05, 0.1) is 18.4 Å². The molecule has 19 heavy (non-hydrogen) atoms. The predicted molar refractivity (Wildman–Crippen MR) is 71.0 cm³/mol. The number of aliphatic carboxylic acids is 1. The summed E-state index contributed by atoms with van der Waals surface area (Å²) in [5, 5.41) is 21.4. The van der Waals surface area contributed by atoms with Crippen molar-refractivity contribution in [2.24, 2.45) is 0 Å². The van der Waals surface area contributed by atoms with Crippen LogP contribution in [0.3, 0.4) is 0 Å². The molecule has 1 unspecified atom stereocenters. The van der Waals surface area contributed by atoms with Crippen LogP contribution in [-0.4, -0.2) is 34.2 Å². The summed E-state index contributed by atoms with van der Waals surface area (Å²) in [5.74, 6) is -1.40. The Morgan fingerprint density at radius 2 is 1.89 bits per heavy atom. The van der Waals surface area contributed by atoms with Crippen LogP contribution < -0.4 is 5.32 Å². The number of carbonyl (C=O) groups excluding carboxylic acids is 1. The molecule has 1 amide bonds. The summed E-state index contributed by atoms with van der Waals surface area (Å²) in [6.07, 6.45) is -0.269. The largest absolute Gasteiger partial charge is 0.481 e. The third kappa shape index (κ3) is 6.22. The molecule has 0 aromatic heterocycles. The van der Waals surface area contributed by atoms with Crippen molar-refractivity contribution < 1.29 is 19.8 Å².